The summed E-state index contributed by atoms with van der Waals surface area (Å²) in [5, 5.41) is 0.806. The zero-order chi connectivity index (χ0) is 8.81. The third kappa shape index (κ3) is 2.31. The number of alkyl halides is 1. The number of allylic oxidation sites excluding steroid dienone is 1. The molecule has 0 unspecified atom stereocenters. The van der Waals surface area contributed by atoms with Crippen molar-refractivity contribution in [2.75, 3.05) is 5.33 Å². The molecule has 0 aliphatic carbocycles. The highest BCUT2D eigenvalue weighted by Crippen LogP contribution is 2.08. The lowest BCUT2D eigenvalue weighted by atomic mass is 10.1. The maximum atomic E-state index is 10.5. The Morgan fingerprint density at radius 1 is 1.25 bits per heavy atom. The SMILES string of the molecule is O=Cc1ccccc1C=CCBr. The van der Waals surface area contributed by atoms with E-state index in [1.54, 1.807) is 6.07 Å². The zero-order valence-electron chi connectivity index (χ0n) is 6.53. The van der Waals surface area contributed by atoms with Crippen LogP contribution in [-0.2, 0) is 0 Å². The second kappa shape index (κ2) is 4.88. The summed E-state index contributed by atoms with van der Waals surface area (Å²) in [6, 6.07) is 7.50. The van der Waals surface area contributed by atoms with E-state index in [0.29, 0.717) is 0 Å². The second-order valence-corrected chi connectivity index (χ2v) is 2.95. The van der Waals surface area contributed by atoms with Crippen molar-refractivity contribution < 1.29 is 4.79 Å². The van der Waals surface area contributed by atoms with Crippen molar-refractivity contribution in [1.29, 1.82) is 0 Å². The molecule has 1 aromatic carbocycles. The molecule has 0 radical (unpaired) electrons. The molecule has 1 nitrogen and oxygen atoms in total. The Morgan fingerprint density at radius 3 is 2.50 bits per heavy atom. The van der Waals surface area contributed by atoms with E-state index in [2.05, 4.69) is 15.9 Å². The number of hydrogen-bond acceptors (Lipinski definition) is 1. The first kappa shape index (κ1) is 9.20. The molecule has 0 bridgehead atoms. The third-order valence-corrected chi connectivity index (χ3v) is 1.88. The third-order valence-electron chi connectivity index (χ3n) is 1.51. The van der Waals surface area contributed by atoms with Crippen molar-refractivity contribution in [3.05, 3.63) is 41.5 Å². The van der Waals surface area contributed by atoms with Gasteiger partial charge in [-0.25, -0.2) is 0 Å². The summed E-state index contributed by atoms with van der Waals surface area (Å²) in [4.78, 5) is 10.5. The molecule has 0 saturated carbocycles. The van der Waals surface area contributed by atoms with E-state index in [1.165, 1.54) is 0 Å². The monoisotopic (exact) mass is 224 g/mol. The minimum Gasteiger partial charge on any atom is -0.298 e. The van der Waals surface area contributed by atoms with Gasteiger partial charge in [0.25, 0.3) is 0 Å². The van der Waals surface area contributed by atoms with E-state index < -0.39 is 0 Å². The van der Waals surface area contributed by atoms with Crippen LogP contribution in [-0.4, -0.2) is 11.6 Å². The number of aldehydes is 1. The Bertz CT molecular complexity index is 292. The lowest BCUT2D eigenvalue weighted by Crippen LogP contribution is -1.83. The average molecular weight is 225 g/mol. The molecule has 12 heavy (non-hydrogen) atoms. The Labute approximate surface area is 80.2 Å². The summed E-state index contributed by atoms with van der Waals surface area (Å²) >= 11 is 3.28. The fourth-order valence-electron chi connectivity index (χ4n) is 0.942. The van der Waals surface area contributed by atoms with Crippen LogP contribution in [0.5, 0.6) is 0 Å². The van der Waals surface area contributed by atoms with Gasteiger partial charge >= 0.3 is 0 Å². The molecule has 62 valence electrons. The number of carbonyl (C=O) groups is 1. The number of rotatable bonds is 3. The lowest BCUT2D eigenvalue weighted by Gasteiger charge is -1.95. The molecule has 0 aromatic heterocycles. The smallest absolute Gasteiger partial charge is 0.150 e. The maximum absolute atomic E-state index is 10.5. The molecule has 0 amide bonds. The molecule has 1 rings (SSSR count). The number of benzene rings is 1. The minimum atomic E-state index is 0.731. The summed E-state index contributed by atoms with van der Waals surface area (Å²) in [5.41, 5.74) is 1.70. The van der Waals surface area contributed by atoms with Gasteiger partial charge < -0.3 is 0 Å². The largest absolute Gasteiger partial charge is 0.298 e. The van der Waals surface area contributed by atoms with Gasteiger partial charge in [0.1, 0.15) is 0 Å². The van der Waals surface area contributed by atoms with Crippen LogP contribution in [0.2, 0.25) is 0 Å². The fourth-order valence-corrected chi connectivity index (χ4v) is 1.13. The van der Waals surface area contributed by atoms with E-state index in [-0.39, 0.29) is 0 Å². The van der Waals surface area contributed by atoms with Crippen LogP contribution >= 0.6 is 15.9 Å². The highest BCUT2D eigenvalue weighted by molar-refractivity contribution is 9.09. The van der Waals surface area contributed by atoms with Crippen LogP contribution in [0.15, 0.2) is 30.3 Å². The van der Waals surface area contributed by atoms with Crippen molar-refractivity contribution in [1.82, 2.24) is 0 Å². The van der Waals surface area contributed by atoms with E-state index in [0.717, 1.165) is 22.7 Å². The van der Waals surface area contributed by atoms with Crippen molar-refractivity contribution in [3.8, 4) is 0 Å². The molecule has 0 atom stereocenters. The fraction of sp³-hybridized carbons (Fsp3) is 0.100. The van der Waals surface area contributed by atoms with Gasteiger partial charge in [0.2, 0.25) is 0 Å². The first-order chi connectivity index (χ1) is 5.88. The summed E-state index contributed by atoms with van der Waals surface area (Å²) < 4.78 is 0. The van der Waals surface area contributed by atoms with Crippen LogP contribution in [0.25, 0.3) is 6.08 Å². The summed E-state index contributed by atoms with van der Waals surface area (Å²) in [7, 11) is 0. The molecular weight excluding hydrogens is 216 g/mol. The standard InChI is InChI=1S/C10H9BrO/c11-7-3-6-9-4-1-2-5-10(9)8-12/h1-6,8H,7H2. The van der Waals surface area contributed by atoms with Gasteiger partial charge in [-0.05, 0) is 5.56 Å². The molecule has 0 saturated heterocycles. The Morgan fingerprint density at radius 2 is 1.92 bits per heavy atom. The minimum absolute atomic E-state index is 0.731. The zero-order valence-corrected chi connectivity index (χ0v) is 8.12. The normalized spacial score (nSPS) is 10.4. The molecule has 0 fully saturated rings. The van der Waals surface area contributed by atoms with Gasteiger partial charge in [-0.15, -0.1) is 0 Å². The predicted octanol–water partition coefficient (Wildman–Crippen LogP) is 2.91. The van der Waals surface area contributed by atoms with E-state index in [1.807, 2.05) is 30.4 Å². The van der Waals surface area contributed by atoms with Gasteiger partial charge in [0.15, 0.2) is 6.29 Å². The first-order valence-electron chi connectivity index (χ1n) is 3.65. The van der Waals surface area contributed by atoms with Crippen molar-refractivity contribution >= 4 is 28.3 Å². The number of halogens is 1. The van der Waals surface area contributed by atoms with Gasteiger partial charge in [-0.1, -0.05) is 52.3 Å². The molecule has 0 aliphatic rings. The quantitative estimate of drug-likeness (QED) is 0.571. The van der Waals surface area contributed by atoms with Crippen molar-refractivity contribution in [2.45, 2.75) is 0 Å². The molecule has 0 aliphatic heterocycles. The van der Waals surface area contributed by atoms with Crippen LogP contribution in [0.1, 0.15) is 15.9 Å². The van der Waals surface area contributed by atoms with Crippen LogP contribution in [0.3, 0.4) is 0 Å². The summed E-state index contributed by atoms with van der Waals surface area (Å²) in [6.07, 6.45) is 4.76. The molecule has 0 spiro atoms. The van der Waals surface area contributed by atoms with Gasteiger partial charge in [-0.2, -0.15) is 0 Å². The Balaban J connectivity index is 2.96. The van der Waals surface area contributed by atoms with Gasteiger partial charge in [0, 0.05) is 10.9 Å². The van der Waals surface area contributed by atoms with E-state index >= 15 is 0 Å². The topological polar surface area (TPSA) is 17.1 Å². The lowest BCUT2D eigenvalue weighted by molar-refractivity contribution is 0.112. The summed E-state index contributed by atoms with van der Waals surface area (Å²) in [5.74, 6) is 0. The first-order valence-corrected chi connectivity index (χ1v) is 4.77. The van der Waals surface area contributed by atoms with Crippen LogP contribution in [0, 0.1) is 0 Å². The average Bonchev–Trinajstić information content (AvgIpc) is 2.15. The van der Waals surface area contributed by atoms with Crippen molar-refractivity contribution in [2.24, 2.45) is 0 Å². The molecule has 1 aromatic rings. The van der Waals surface area contributed by atoms with E-state index in [4.69, 9.17) is 0 Å². The number of hydrogen-bond donors (Lipinski definition) is 0. The molecule has 0 N–H and O–H groups in total. The highest BCUT2D eigenvalue weighted by Gasteiger charge is 1.93. The maximum Gasteiger partial charge on any atom is 0.150 e. The van der Waals surface area contributed by atoms with Crippen molar-refractivity contribution in [3.63, 3.8) is 0 Å². The summed E-state index contributed by atoms with van der Waals surface area (Å²) in [6.45, 7) is 0. The van der Waals surface area contributed by atoms with Crippen LogP contribution < -0.4 is 0 Å². The molecular formula is C10H9BrO. The molecule has 0 heterocycles. The van der Waals surface area contributed by atoms with Crippen LogP contribution in [0.4, 0.5) is 0 Å². The van der Waals surface area contributed by atoms with E-state index in [9.17, 15) is 4.79 Å². The Hall–Kier alpha value is -0.890. The highest BCUT2D eigenvalue weighted by atomic mass is 79.9. The Kier molecular flexibility index (Phi) is 3.74. The number of carbonyl (C=O) groups excluding carboxylic acids is 1. The predicted molar refractivity (Wildman–Crippen MR) is 54.7 cm³/mol. The second-order valence-electron chi connectivity index (χ2n) is 2.30. The molecule has 2 heteroatoms. The van der Waals surface area contributed by atoms with Gasteiger partial charge in [0.05, 0.1) is 0 Å². The van der Waals surface area contributed by atoms with Gasteiger partial charge in [-0.3, -0.25) is 4.79 Å².